The Labute approximate surface area is 116 Å². The van der Waals surface area contributed by atoms with Crippen LogP contribution in [0.15, 0.2) is 22.8 Å². The maximum Gasteiger partial charge on any atom is 0.0412 e. The van der Waals surface area contributed by atoms with Crippen molar-refractivity contribution >= 4 is 11.8 Å². The lowest BCUT2D eigenvalue weighted by atomic mass is 9.91. The van der Waals surface area contributed by atoms with Gasteiger partial charge in [-0.2, -0.15) is 0 Å². The molecule has 0 aromatic rings. The summed E-state index contributed by atoms with van der Waals surface area (Å²) in [6.45, 7) is 7.43. The first-order valence-corrected chi connectivity index (χ1v) is 8.43. The molecule has 0 radical (unpaired) electrons. The van der Waals surface area contributed by atoms with Gasteiger partial charge in [-0.25, -0.2) is 0 Å². The second-order valence-corrected chi connectivity index (χ2v) is 7.50. The Balaban J connectivity index is 1.89. The van der Waals surface area contributed by atoms with Crippen molar-refractivity contribution in [2.24, 2.45) is 0 Å². The van der Waals surface area contributed by atoms with Crippen LogP contribution in [-0.4, -0.2) is 22.7 Å². The molecule has 1 aliphatic heterocycles. The maximum atomic E-state index is 4.15. The summed E-state index contributed by atoms with van der Waals surface area (Å²) >= 11 is 2.24. The number of hydrogen-bond donors (Lipinski definition) is 0. The van der Waals surface area contributed by atoms with Crippen LogP contribution in [0, 0.1) is 0 Å². The highest BCUT2D eigenvalue weighted by molar-refractivity contribution is 8.03. The summed E-state index contributed by atoms with van der Waals surface area (Å²) in [6, 6.07) is 0.803. The van der Waals surface area contributed by atoms with Crippen LogP contribution in [0.5, 0.6) is 0 Å². The van der Waals surface area contributed by atoms with Gasteiger partial charge in [-0.1, -0.05) is 25.0 Å². The Kier molecular flexibility index (Phi) is 3.74. The Morgan fingerprint density at radius 2 is 2.00 bits per heavy atom. The standard InChI is InChI=1S/C16H25NS/c1-12(2)11-17-13-7-3-5-9-15(13)18-16-10-6-4-8-14(16)17/h13,15H,1,3-11H2,2H3. The van der Waals surface area contributed by atoms with Crippen LogP contribution in [0.4, 0.5) is 0 Å². The highest BCUT2D eigenvalue weighted by Crippen LogP contribution is 2.47. The Bertz CT molecular complexity index is 371. The number of hydrogen-bond acceptors (Lipinski definition) is 2. The van der Waals surface area contributed by atoms with Crippen LogP contribution in [0.3, 0.4) is 0 Å². The molecule has 2 atom stereocenters. The average molecular weight is 263 g/mol. The smallest absolute Gasteiger partial charge is 0.0412 e. The quantitative estimate of drug-likeness (QED) is 0.664. The largest absolute Gasteiger partial charge is 0.366 e. The fourth-order valence-electron chi connectivity index (χ4n) is 3.75. The molecule has 2 heteroatoms. The topological polar surface area (TPSA) is 3.24 Å². The van der Waals surface area contributed by atoms with Crippen molar-refractivity contribution in [2.45, 2.75) is 69.6 Å². The van der Waals surface area contributed by atoms with E-state index in [0.717, 1.165) is 17.8 Å². The highest BCUT2D eigenvalue weighted by Gasteiger charge is 2.38. The van der Waals surface area contributed by atoms with E-state index in [1.54, 1.807) is 10.6 Å². The minimum Gasteiger partial charge on any atom is -0.366 e. The van der Waals surface area contributed by atoms with E-state index in [4.69, 9.17) is 0 Å². The van der Waals surface area contributed by atoms with Crippen LogP contribution in [0.2, 0.25) is 0 Å². The number of allylic oxidation sites excluding steroid dienone is 2. The van der Waals surface area contributed by atoms with E-state index in [-0.39, 0.29) is 0 Å². The maximum absolute atomic E-state index is 4.15. The lowest BCUT2D eigenvalue weighted by Gasteiger charge is -2.48. The van der Waals surface area contributed by atoms with E-state index in [1.807, 2.05) is 0 Å². The van der Waals surface area contributed by atoms with Crippen molar-refractivity contribution < 1.29 is 0 Å². The van der Waals surface area contributed by atoms with Gasteiger partial charge in [0.15, 0.2) is 0 Å². The van der Waals surface area contributed by atoms with Crippen molar-refractivity contribution in [3.05, 3.63) is 22.8 Å². The average Bonchev–Trinajstić information content (AvgIpc) is 2.38. The van der Waals surface area contributed by atoms with E-state index < -0.39 is 0 Å². The molecule has 3 rings (SSSR count). The Morgan fingerprint density at radius 3 is 2.83 bits per heavy atom. The molecule has 0 N–H and O–H groups in total. The van der Waals surface area contributed by atoms with Crippen LogP contribution in [-0.2, 0) is 0 Å². The van der Waals surface area contributed by atoms with Gasteiger partial charge >= 0.3 is 0 Å². The van der Waals surface area contributed by atoms with Crippen molar-refractivity contribution in [1.82, 2.24) is 4.90 Å². The van der Waals surface area contributed by atoms with Crippen LogP contribution in [0.25, 0.3) is 0 Å². The molecule has 3 aliphatic rings. The molecule has 2 aliphatic carbocycles. The number of nitrogens with zero attached hydrogens (tertiary/aromatic N) is 1. The summed E-state index contributed by atoms with van der Waals surface area (Å²) in [7, 11) is 0. The zero-order chi connectivity index (χ0) is 12.5. The SMILES string of the molecule is C=C(C)CN1C2=C(CCCC2)SC2CCCCC21. The normalized spacial score (nSPS) is 31.9. The van der Waals surface area contributed by atoms with E-state index in [0.29, 0.717) is 0 Å². The van der Waals surface area contributed by atoms with Crippen LogP contribution >= 0.6 is 11.8 Å². The molecule has 0 amide bonds. The van der Waals surface area contributed by atoms with Gasteiger partial charge in [0, 0.05) is 28.4 Å². The molecule has 1 saturated carbocycles. The predicted octanol–water partition coefficient (Wildman–Crippen LogP) is 4.71. The van der Waals surface area contributed by atoms with Crippen molar-refractivity contribution in [3.8, 4) is 0 Å². The molecule has 0 aromatic carbocycles. The van der Waals surface area contributed by atoms with Crippen LogP contribution < -0.4 is 0 Å². The highest BCUT2D eigenvalue weighted by atomic mass is 32.2. The molecule has 1 nitrogen and oxygen atoms in total. The van der Waals surface area contributed by atoms with Crippen molar-refractivity contribution in [1.29, 1.82) is 0 Å². The van der Waals surface area contributed by atoms with Crippen molar-refractivity contribution in [2.75, 3.05) is 6.54 Å². The molecule has 0 spiro atoms. The van der Waals surface area contributed by atoms with Gasteiger partial charge < -0.3 is 4.90 Å². The fraction of sp³-hybridized carbons (Fsp3) is 0.750. The molecule has 2 unspecified atom stereocenters. The van der Waals surface area contributed by atoms with Gasteiger partial charge in [-0.3, -0.25) is 0 Å². The number of rotatable bonds is 2. The zero-order valence-electron chi connectivity index (χ0n) is 11.6. The van der Waals surface area contributed by atoms with E-state index in [2.05, 4.69) is 30.2 Å². The van der Waals surface area contributed by atoms with E-state index >= 15 is 0 Å². The molecule has 100 valence electrons. The first-order valence-electron chi connectivity index (χ1n) is 7.55. The third kappa shape index (κ3) is 2.36. The summed E-state index contributed by atoms with van der Waals surface area (Å²) in [5, 5.41) is 0.870. The molecule has 0 aromatic heterocycles. The van der Waals surface area contributed by atoms with Crippen molar-refractivity contribution in [3.63, 3.8) is 0 Å². The van der Waals surface area contributed by atoms with Crippen LogP contribution in [0.1, 0.15) is 58.3 Å². The monoisotopic (exact) mass is 263 g/mol. The molecule has 18 heavy (non-hydrogen) atoms. The summed E-state index contributed by atoms with van der Waals surface area (Å²) in [4.78, 5) is 4.47. The first-order chi connectivity index (χ1) is 8.75. The fourth-order valence-corrected chi connectivity index (χ4v) is 5.46. The van der Waals surface area contributed by atoms with Gasteiger partial charge in [-0.15, -0.1) is 11.8 Å². The molecule has 0 saturated heterocycles. The Morgan fingerprint density at radius 1 is 1.22 bits per heavy atom. The minimum absolute atomic E-state index is 0.803. The second-order valence-electron chi connectivity index (χ2n) is 6.17. The third-order valence-electron chi connectivity index (χ3n) is 4.54. The molecule has 0 bridgehead atoms. The lowest BCUT2D eigenvalue weighted by Crippen LogP contribution is -2.47. The number of thioether (sulfide) groups is 1. The van der Waals surface area contributed by atoms with E-state index in [1.165, 1.54) is 56.9 Å². The lowest BCUT2D eigenvalue weighted by molar-refractivity contribution is 0.204. The molecular weight excluding hydrogens is 238 g/mol. The summed E-state index contributed by atoms with van der Waals surface area (Å²) in [5.74, 6) is 0. The molecule has 1 heterocycles. The minimum atomic E-state index is 0.803. The second kappa shape index (κ2) is 5.32. The molecule has 1 fully saturated rings. The predicted molar refractivity (Wildman–Crippen MR) is 80.6 cm³/mol. The van der Waals surface area contributed by atoms with Gasteiger partial charge in [0.05, 0.1) is 0 Å². The number of fused-ring (bicyclic) bond motifs is 1. The summed E-state index contributed by atoms with van der Waals surface area (Å²) < 4.78 is 0. The molecular formula is C16H25NS. The van der Waals surface area contributed by atoms with E-state index in [9.17, 15) is 0 Å². The first kappa shape index (κ1) is 12.7. The van der Waals surface area contributed by atoms with Gasteiger partial charge in [0.25, 0.3) is 0 Å². The Hall–Kier alpha value is -0.370. The third-order valence-corrected chi connectivity index (χ3v) is 6.11. The summed E-state index contributed by atoms with van der Waals surface area (Å²) in [5.41, 5.74) is 3.01. The summed E-state index contributed by atoms with van der Waals surface area (Å²) in [6.07, 6.45) is 11.2. The van der Waals surface area contributed by atoms with Gasteiger partial charge in [-0.05, 0) is 45.4 Å². The van der Waals surface area contributed by atoms with Gasteiger partial charge in [0.1, 0.15) is 0 Å². The van der Waals surface area contributed by atoms with Gasteiger partial charge in [0.2, 0.25) is 0 Å². The zero-order valence-corrected chi connectivity index (χ0v) is 12.4.